The number of nitrogens with zero attached hydrogens (tertiary/aromatic N) is 2. The maximum Gasteiger partial charge on any atom is 0.410 e. The Morgan fingerprint density at radius 3 is 2.27 bits per heavy atom. The van der Waals surface area contributed by atoms with Gasteiger partial charge in [-0.05, 0) is 48.6 Å². The zero-order valence-corrected chi connectivity index (χ0v) is 25.1. The van der Waals surface area contributed by atoms with Crippen LogP contribution in [0, 0.1) is 0 Å². The fourth-order valence-corrected chi connectivity index (χ4v) is 10.4. The molecule has 0 saturated carbocycles. The van der Waals surface area contributed by atoms with Gasteiger partial charge in [0.1, 0.15) is 10.8 Å². The van der Waals surface area contributed by atoms with Crippen LogP contribution < -0.4 is 4.72 Å². The number of ether oxygens (including phenoxy) is 1. The standard InChI is InChI=1S/C28H31N3O6S3/c1-5-31(28(32)37-16-24-21-12-8-6-10-19(21)20-11-7-9-13-22(20)24)25-14-18(2)39(33,34)27-23(25)15-26(38-27)40(35,36)29-17-30(3)4/h6-13,15,17-18,24-25H,5,14,16H2,1-4H3/p+1/t18?,25-/m0/s1. The molecule has 9 nitrogen and oxygen atoms in total. The molecule has 2 aliphatic rings. The van der Waals surface area contributed by atoms with Gasteiger partial charge in [0.15, 0.2) is 14.0 Å². The third-order valence-electron chi connectivity index (χ3n) is 7.42. The van der Waals surface area contributed by atoms with Crippen molar-refractivity contribution in [3.8, 4) is 11.1 Å². The van der Waals surface area contributed by atoms with Gasteiger partial charge in [-0.15, -0.1) is 11.3 Å². The molecule has 2 heterocycles. The summed E-state index contributed by atoms with van der Waals surface area (Å²) in [6.45, 7) is 3.78. The molecular weight excluding hydrogens is 571 g/mol. The van der Waals surface area contributed by atoms with Crippen LogP contribution in [-0.2, 0) is 24.6 Å². The lowest BCUT2D eigenvalue weighted by Crippen LogP contribution is -2.40. The second-order valence-electron chi connectivity index (χ2n) is 10.2. The third kappa shape index (κ3) is 4.92. The number of fused-ring (bicyclic) bond motifs is 4. The van der Waals surface area contributed by atoms with Crippen molar-refractivity contribution in [2.24, 2.45) is 0 Å². The molecule has 1 aliphatic heterocycles. The molecular formula is C28H32N3O6S3+. The first-order chi connectivity index (χ1) is 19.0. The number of nitrogens with one attached hydrogen (secondary N) is 1. The second kappa shape index (κ2) is 10.6. The molecule has 40 heavy (non-hydrogen) atoms. The van der Waals surface area contributed by atoms with E-state index < -0.39 is 37.2 Å². The maximum atomic E-state index is 13.5. The molecule has 1 aliphatic carbocycles. The van der Waals surface area contributed by atoms with Gasteiger partial charge in [-0.25, -0.2) is 13.2 Å². The number of carbonyl (C=O) groups excluding carboxylic acids is 1. The predicted octanol–water partition coefficient (Wildman–Crippen LogP) is 4.20. The highest BCUT2D eigenvalue weighted by Gasteiger charge is 2.43. The summed E-state index contributed by atoms with van der Waals surface area (Å²) in [6, 6.07) is 16.9. The fraction of sp³-hybridized carbons (Fsp3) is 0.357. The smallest absolute Gasteiger partial charge is 0.410 e. The Balaban J connectivity index is 1.43. The minimum atomic E-state index is -4.00. The molecule has 212 valence electrons. The minimum absolute atomic E-state index is 0.0219. The number of sulfonamides is 1. The van der Waals surface area contributed by atoms with Crippen LogP contribution in [-0.4, -0.2) is 71.2 Å². The first-order valence-electron chi connectivity index (χ1n) is 13.0. The fourth-order valence-electron chi connectivity index (χ4n) is 5.39. The number of amides is 1. The molecule has 0 bridgehead atoms. The van der Waals surface area contributed by atoms with Crippen LogP contribution in [0.5, 0.6) is 0 Å². The van der Waals surface area contributed by atoms with Gasteiger partial charge < -0.3 is 9.64 Å². The summed E-state index contributed by atoms with van der Waals surface area (Å²) >= 11 is 0.711. The van der Waals surface area contributed by atoms with E-state index in [1.54, 1.807) is 27.9 Å². The lowest BCUT2D eigenvalue weighted by molar-refractivity contribution is -0.460. The summed E-state index contributed by atoms with van der Waals surface area (Å²) in [7, 11) is -4.43. The van der Waals surface area contributed by atoms with Gasteiger partial charge in [0, 0.05) is 18.0 Å². The third-order valence-corrected chi connectivity index (χ3v) is 13.1. The van der Waals surface area contributed by atoms with Gasteiger partial charge >= 0.3 is 16.1 Å². The van der Waals surface area contributed by atoms with Crippen LogP contribution in [0.3, 0.4) is 0 Å². The van der Waals surface area contributed by atoms with Crippen molar-refractivity contribution in [3.63, 3.8) is 0 Å². The number of sulfone groups is 1. The van der Waals surface area contributed by atoms with E-state index in [2.05, 4.69) is 16.9 Å². The van der Waals surface area contributed by atoms with Gasteiger partial charge in [0.25, 0.3) is 0 Å². The summed E-state index contributed by atoms with van der Waals surface area (Å²) in [4.78, 5) is 15.0. The summed E-state index contributed by atoms with van der Waals surface area (Å²) < 4.78 is 61.9. The van der Waals surface area contributed by atoms with Crippen molar-refractivity contribution < 1.29 is 30.9 Å². The maximum absolute atomic E-state index is 13.5. The molecule has 2 atom stereocenters. The lowest BCUT2D eigenvalue weighted by Gasteiger charge is -2.35. The topological polar surface area (TPSA) is 113 Å². The Bertz CT molecular complexity index is 1660. The van der Waals surface area contributed by atoms with Crippen LogP contribution in [0.25, 0.3) is 11.1 Å². The molecule has 1 unspecified atom stereocenters. The molecule has 0 fully saturated rings. The average molecular weight is 603 g/mol. The number of carbonyl (C=O) groups is 1. The van der Waals surface area contributed by atoms with Gasteiger partial charge in [-0.3, -0.25) is 4.58 Å². The summed E-state index contributed by atoms with van der Waals surface area (Å²) in [5, 5.41) is -0.795. The first kappa shape index (κ1) is 28.3. The number of benzene rings is 2. The normalized spacial score (nSPS) is 19.2. The second-order valence-corrected chi connectivity index (χ2v) is 15.8. The van der Waals surface area contributed by atoms with Gasteiger partial charge in [0.05, 0.1) is 25.4 Å². The van der Waals surface area contributed by atoms with Crippen LogP contribution in [0.2, 0.25) is 0 Å². The zero-order chi connectivity index (χ0) is 28.8. The Labute approximate surface area is 239 Å². The monoisotopic (exact) mass is 602 g/mol. The highest BCUT2D eigenvalue weighted by atomic mass is 32.3. The van der Waals surface area contributed by atoms with Gasteiger partial charge in [0.2, 0.25) is 6.34 Å². The van der Waals surface area contributed by atoms with Crippen LogP contribution in [0.15, 0.2) is 63.0 Å². The Hall–Kier alpha value is -3.22. The van der Waals surface area contributed by atoms with Gasteiger partial charge in [-0.2, -0.15) is 13.1 Å². The van der Waals surface area contributed by atoms with E-state index in [-0.39, 0.29) is 33.9 Å². The van der Waals surface area contributed by atoms with Crippen molar-refractivity contribution in [3.05, 3.63) is 71.3 Å². The highest BCUT2D eigenvalue weighted by Crippen LogP contribution is 2.46. The molecule has 1 N–H and O–H groups in total. The minimum Gasteiger partial charge on any atom is -0.448 e. The summed E-state index contributed by atoms with van der Waals surface area (Å²) in [5.41, 5.74) is 4.73. The van der Waals surface area contributed by atoms with E-state index in [1.807, 2.05) is 36.4 Å². The molecule has 0 saturated heterocycles. The molecule has 3 aromatic rings. The average Bonchev–Trinajstić information content (AvgIpc) is 3.52. The van der Waals surface area contributed by atoms with Crippen LogP contribution in [0.1, 0.15) is 48.9 Å². The van der Waals surface area contributed by atoms with Crippen LogP contribution in [0.4, 0.5) is 4.79 Å². The SMILES string of the molecule is CCN(C(=O)OCC1c2ccccc2-c2ccccc21)[C@H]1CC(C)S(=O)(=O)c2sc(S(=O)(=O)NC=[N+](C)C)cc21. The largest absolute Gasteiger partial charge is 0.448 e. The van der Waals surface area contributed by atoms with Crippen molar-refractivity contribution in [1.82, 2.24) is 9.62 Å². The van der Waals surface area contributed by atoms with Crippen molar-refractivity contribution in [1.29, 1.82) is 0 Å². The van der Waals surface area contributed by atoms with Crippen LogP contribution >= 0.6 is 11.3 Å². The predicted molar refractivity (Wildman–Crippen MR) is 154 cm³/mol. The molecule has 1 amide bonds. The molecule has 2 aromatic carbocycles. The Morgan fingerprint density at radius 1 is 1.10 bits per heavy atom. The van der Waals surface area contributed by atoms with Gasteiger partial charge in [-0.1, -0.05) is 48.5 Å². The molecule has 0 spiro atoms. The highest BCUT2D eigenvalue weighted by molar-refractivity contribution is 7.95. The molecule has 5 rings (SSSR count). The van der Waals surface area contributed by atoms with Crippen molar-refractivity contribution in [2.45, 2.75) is 45.9 Å². The lowest BCUT2D eigenvalue weighted by atomic mass is 9.98. The molecule has 12 heteroatoms. The van der Waals surface area contributed by atoms with E-state index in [4.69, 9.17) is 4.74 Å². The molecule has 0 radical (unpaired) electrons. The van der Waals surface area contributed by atoms with E-state index in [9.17, 15) is 21.6 Å². The van der Waals surface area contributed by atoms with Crippen molar-refractivity contribution in [2.75, 3.05) is 27.2 Å². The quantitative estimate of drug-likeness (QED) is 0.246. The van der Waals surface area contributed by atoms with E-state index in [0.717, 1.165) is 22.3 Å². The first-order valence-corrected chi connectivity index (χ1v) is 16.8. The number of hydrogen-bond acceptors (Lipinski definition) is 7. The van der Waals surface area contributed by atoms with Crippen molar-refractivity contribution >= 4 is 43.6 Å². The summed E-state index contributed by atoms with van der Waals surface area (Å²) in [5.74, 6) is -0.117. The zero-order valence-electron chi connectivity index (χ0n) is 22.7. The Kier molecular flexibility index (Phi) is 7.53. The Morgan fingerprint density at radius 2 is 1.70 bits per heavy atom. The van der Waals surface area contributed by atoms with E-state index >= 15 is 0 Å². The van der Waals surface area contributed by atoms with E-state index in [0.29, 0.717) is 16.9 Å². The summed E-state index contributed by atoms with van der Waals surface area (Å²) in [6.07, 6.45) is 0.847. The number of rotatable bonds is 7. The number of thiophene rings is 1. The number of hydrogen-bond donors (Lipinski definition) is 1. The molecule has 1 aromatic heterocycles. The van der Waals surface area contributed by atoms with E-state index in [1.165, 1.54) is 21.9 Å².